The number of hydrogen-bond donors (Lipinski definition) is 1. The monoisotopic (exact) mass is 185 g/mol. The van der Waals surface area contributed by atoms with E-state index in [1.165, 1.54) is 21.0 Å². The van der Waals surface area contributed by atoms with Gasteiger partial charge < -0.3 is 9.84 Å². The third-order valence-electron chi connectivity index (χ3n) is 0.807. The van der Waals surface area contributed by atoms with Gasteiger partial charge in [0, 0.05) is 5.57 Å². The minimum absolute atomic E-state index is 0.347. The number of rotatable bonds is 1. The zero-order valence-electron chi connectivity index (χ0n) is 8.42. The van der Waals surface area contributed by atoms with Crippen molar-refractivity contribution in [3.63, 3.8) is 0 Å². The molecule has 0 radical (unpaired) electrons. The van der Waals surface area contributed by atoms with Crippen molar-refractivity contribution in [2.24, 2.45) is 0 Å². The Kier molecular flexibility index (Phi) is 6.78. The first-order valence-electron chi connectivity index (χ1n) is 3.62. The van der Waals surface area contributed by atoms with Crippen LogP contribution in [0.4, 0.5) is 0 Å². The van der Waals surface area contributed by atoms with E-state index in [4.69, 9.17) is 10.4 Å². The smallest absolute Gasteiger partial charge is 0.332 e. The lowest BCUT2D eigenvalue weighted by molar-refractivity contribution is -0.136. The second-order valence-electron chi connectivity index (χ2n) is 2.94. The van der Waals surface area contributed by atoms with Gasteiger partial charge in [0.15, 0.2) is 0 Å². The first-order valence-corrected chi connectivity index (χ1v) is 3.62. The van der Waals surface area contributed by atoms with Gasteiger partial charge in [-0.15, -0.1) is 0 Å². The van der Waals surface area contributed by atoms with Crippen molar-refractivity contribution in [1.29, 1.82) is 5.26 Å². The molecule has 0 aromatic heterocycles. The molecule has 0 aliphatic carbocycles. The molecule has 4 nitrogen and oxygen atoms in total. The number of aliphatic hydroxyl groups is 1. The molecular weight excluding hydrogens is 170 g/mol. The Hall–Kier alpha value is -1.34. The molecule has 0 fully saturated rings. The quantitative estimate of drug-likeness (QED) is 0.376. The third kappa shape index (κ3) is 13.6. The Morgan fingerprint density at radius 1 is 1.62 bits per heavy atom. The Morgan fingerprint density at radius 3 is 1.92 bits per heavy atom. The van der Waals surface area contributed by atoms with E-state index in [9.17, 15) is 4.79 Å². The zero-order valence-corrected chi connectivity index (χ0v) is 8.42. The van der Waals surface area contributed by atoms with E-state index < -0.39 is 5.60 Å². The molecule has 0 heterocycles. The summed E-state index contributed by atoms with van der Waals surface area (Å²) >= 11 is 0. The average molecular weight is 185 g/mol. The molecule has 0 amide bonds. The second-order valence-corrected chi connectivity index (χ2v) is 2.94. The zero-order chi connectivity index (χ0) is 11.1. The maximum atomic E-state index is 10.2. The highest BCUT2D eigenvalue weighted by Gasteiger charge is 2.07. The van der Waals surface area contributed by atoms with Crippen LogP contribution in [-0.4, -0.2) is 23.8 Å². The minimum atomic E-state index is -1.15. The van der Waals surface area contributed by atoms with Crippen LogP contribution >= 0.6 is 0 Å². The van der Waals surface area contributed by atoms with Crippen molar-refractivity contribution in [1.82, 2.24) is 0 Å². The molecule has 0 aliphatic rings. The Bertz CT molecular complexity index is 220. The van der Waals surface area contributed by atoms with E-state index >= 15 is 0 Å². The molecule has 0 aliphatic heterocycles. The summed E-state index contributed by atoms with van der Waals surface area (Å²) in [6.45, 7) is 7.83. The number of nitriles is 1. The fraction of sp³-hybridized carbons (Fsp3) is 0.556. The topological polar surface area (TPSA) is 70.3 Å². The summed E-state index contributed by atoms with van der Waals surface area (Å²) in [5.41, 5.74) is -0.720. The van der Waals surface area contributed by atoms with Gasteiger partial charge in [-0.3, -0.25) is 0 Å². The van der Waals surface area contributed by atoms with Crippen LogP contribution in [0.2, 0.25) is 0 Å². The molecular formula is C9H15NO3. The highest BCUT2D eigenvalue weighted by Crippen LogP contribution is 1.93. The minimum Gasteiger partial charge on any atom is -0.466 e. The van der Waals surface area contributed by atoms with Gasteiger partial charge in [-0.1, -0.05) is 6.58 Å². The summed E-state index contributed by atoms with van der Waals surface area (Å²) in [7, 11) is 1.33. The number of ether oxygens (including phenoxy) is 1. The summed E-state index contributed by atoms with van der Waals surface area (Å²) < 4.78 is 4.27. The lowest BCUT2D eigenvalue weighted by atomic mass is 10.2. The maximum absolute atomic E-state index is 10.2. The number of carbonyl (C=O) groups is 1. The predicted molar refractivity (Wildman–Crippen MR) is 48.7 cm³/mol. The Morgan fingerprint density at radius 2 is 1.92 bits per heavy atom. The van der Waals surface area contributed by atoms with Crippen LogP contribution in [-0.2, 0) is 9.53 Å². The highest BCUT2D eigenvalue weighted by molar-refractivity contribution is 5.86. The third-order valence-corrected chi connectivity index (χ3v) is 0.807. The van der Waals surface area contributed by atoms with Gasteiger partial charge in [-0.05, 0) is 20.8 Å². The van der Waals surface area contributed by atoms with E-state index in [1.807, 2.05) is 0 Å². The highest BCUT2D eigenvalue weighted by atomic mass is 16.5. The van der Waals surface area contributed by atoms with Crippen LogP contribution in [0.25, 0.3) is 0 Å². The largest absolute Gasteiger partial charge is 0.466 e. The summed E-state index contributed by atoms with van der Waals surface area (Å²) in [6.07, 6.45) is 0. The Balaban J connectivity index is 0. The van der Waals surface area contributed by atoms with E-state index in [0.717, 1.165) is 0 Å². The van der Waals surface area contributed by atoms with Crippen LogP contribution in [0, 0.1) is 11.3 Å². The molecule has 4 heteroatoms. The fourth-order valence-corrected chi connectivity index (χ4v) is 0.174. The molecule has 0 rings (SSSR count). The number of nitrogens with zero attached hydrogens (tertiary/aromatic N) is 1. The van der Waals surface area contributed by atoms with Gasteiger partial charge in [-0.2, -0.15) is 5.26 Å². The lowest BCUT2D eigenvalue weighted by Crippen LogP contribution is -2.13. The predicted octanol–water partition coefficient (Wildman–Crippen LogP) is 1.02. The van der Waals surface area contributed by atoms with Gasteiger partial charge >= 0.3 is 5.97 Å². The summed E-state index contributed by atoms with van der Waals surface area (Å²) in [5, 5.41) is 16.4. The van der Waals surface area contributed by atoms with Gasteiger partial charge in [0.1, 0.15) is 5.60 Å². The molecule has 74 valence electrons. The molecule has 0 aromatic carbocycles. The van der Waals surface area contributed by atoms with Crippen molar-refractivity contribution < 1.29 is 14.6 Å². The number of methoxy groups -OCH3 is 1. The van der Waals surface area contributed by atoms with E-state index in [1.54, 1.807) is 13.0 Å². The average Bonchev–Trinajstić information content (AvgIpc) is 2.02. The van der Waals surface area contributed by atoms with Gasteiger partial charge in [-0.25, -0.2) is 4.79 Å². The maximum Gasteiger partial charge on any atom is 0.332 e. The van der Waals surface area contributed by atoms with Crippen LogP contribution < -0.4 is 0 Å². The first-order chi connectivity index (χ1) is 5.74. The molecule has 0 aromatic rings. The Labute approximate surface area is 78.4 Å². The van der Waals surface area contributed by atoms with Crippen LogP contribution in [0.1, 0.15) is 20.8 Å². The summed E-state index contributed by atoms with van der Waals surface area (Å²) in [4.78, 5) is 10.2. The van der Waals surface area contributed by atoms with Crippen molar-refractivity contribution >= 4 is 5.97 Å². The van der Waals surface area contributed by atoms with Crippen molar-refractivity contribution in [3.8, 4) is 6.07 Å². The number of hydrogen-bond acceptors (Lipinski definition) is 4. The molecule has 0 saturated heterocycles. The molecule has 0 atom stereocenters. The summed E-state index contributed by atoms with van der Waals surface area (Å²) in [6, 6.07) is 1.66. The normalized spacial score (nSPS) is 8.92. The number of carbonyl (C=O) groups excluding carboxylic acids is 1. The van der Waals surface area contributed by atoms with Gasteiger partial charge in [0.2, 0.25) is 0 Å². The molecule has 0 unspecified atom stereocenters. The van der Waals surface area contributed by atoms with Crippen molar-refractivity contribution in [3.05, 3.63) is 12.2 Å². The SMILES string of the molecule is C=C(C)C(=O)OC.CC(C)(O)C#N. The van der Waals surface area contributed by atoms with Crippen molar-refractivity contribution in [2.75, 3.05) is 7.11 Å². The van der Waals surface area contributed by atoms with E-state index in [2.05, 4.69) is 11.3 Å². The molecule has 13 heavy (non-hydrogen) atoms. The van der Waals surface area contributed by atoms with Gasteiger partial charge in [0.25, 0.3) is 0 Å². The van der Waals surface area contributed by atoms with Crippen LogP contribution in [0.15, 0.2) is 12.2 Å². The second kappa shape index (κ2) is 6.21. The molecule has 0 bridgehead atoms. The first kappa shape index (κ1) is 14.2. The van der Waals surface area contributed by atoms with Gasteiger partial charge in [0.05, 0.1) is 13.2 Å². The standard InChI is InChI=1S/C5H8O2.C4H7NO/c1-4(2)5(6)7-3;1-4(2,6)3-5/h1H2,2-3H3;6H,1-2H3. The van der Waals surface area contributed by atoms with Crippen LogP contribution in [0.3, 0.4) is 0 Å². The molecule has 0 spiro atoms. The lowest BCUT2D eigenvalue weighted by Gasteiger charge is -2.00. The van der Waals surface area contributed by atoms with Crippen molar-refractivity contribution in [2.45, 2.75) is 26.4 Å². The van der Waals surface area contributed by atoms with E-state index in [0.29, 0.717) is 5.57 Å². The fourth-order valence-electron chi connectivity index (χ4n) is 0.174. The number of esters is 1. The summed E-state index contributed by atoms with van der Waals surface area (Å²) in [5.74, 6) is -0.347. The molecule has 0 saturated carbocycles. The van der Waals surface area contributed by atoms with E-state index in [-0.39, 0.29) is 5.97 Å². The molecule has 1 N–H and O–H groups in total. The van der Waals surface area contributed by atoms with Crippen LogP contribution in [0.5, 0.6) is 0 Å².